The van der Waals surface area contributed by atoms with E-state index in [1.54, 1.807) is 11.8 Å². The number of carbonyl (C=O) groups is 1. The molecule has 0 aromatic heterocycles. The van der Waals surface area contributed by atoms with Gasteiger partial charge in [0.2, 0.25) is 0 Å². The molecule has 1 atom stereocenters. The quantitative estimate of drug-likeness (QED) is 0.643. The average Bonchev–Trinajstić information content (AvgIpc) is 2.44. The summed E-state index contributed by atoms with van der Waals surface area (Å²) in [5.74, 6) is 0.422. The Bertz CT molecular complexity index is 465. The number of hydrogen-bond acceptors (Lipinski definition) is 4. The lowest BCUT2D eigenvalue weighted by Gasteiger charge is -2.27. The van der Waals surface area contributed by atoms with E-state index in [-0.39, 0.29) is 11.4 Å². The Balaban J connectivity index is 2.75. The Morgan fingerprint density at radius 3 is 2.19 bits per heavy atom. The van der Waals surface area contributed by atoms with Gasteiger partial charge in [0, 0.05) is 10.6 Å². The van der Waals surface area contributed by atoms with E-state index in [0.717, 1.165) is 11.4 Å². The van der Waals surface area contributed by atoms with E-state index >= 15 is 0 Å². The average molecular weight is 309 g/mol. The Hall–Kier alpha value is -1.00. The molecule has 0 spiro atoms. The standard InChI is InChI=1S/C17H27NO2S/c1-7-18-17(5,15(19)20-6)12-21-14-10-8-13(9-11-14)16(2,3)4/h8-11,18H,7,12H2,1-6H3. The van der Waals surface area contributed by atoms with Crippen molar-refractivity contribution < 1.29 is 9.53 Å². The number of hydrogen-bond donors (Lipinski definition) is 1. The van der Waals surface area contributed by atoms with Crippen LogP contribution in [0, 0.1) is 0 Å². The Morgan fingerprint density at radius 2 is 1.76 bits per heavy atom. The van der Waals surface area contributed by atoms with Crippen molar-refractivity contribution in [1.82, 2.24) is 5.32 Å². The van der Waals surface area contributed by atoms with Crippen molar-refractivity contribution in [2.24, 2.45) is 0 Å². The van der Waals surface area contributed by atoms with Crippen LogP contribution >= 0.6 is 11.8 Å². The number of esters is 1. The minimum absolute atomic E-state index is 0.160. The zero-order chi connectivity index (χ0) is 16.1. The summed E-state index contributed by atoms with van der Waals surface area (Å²) in [6, 6.07) is 8.56. The van der Waals surface area contributed by atoms with Gasteiger partial charge in [0.05, 0.1) is 7.11 Å². The zero-order valence-corrected chi connectivity index (χ0v) is 14.8. The second kappa shape index (κ2) is 7.32. The normalized spacial score (nSPS) is 14.6. The molecule has 0 aliphatic heterocycles. The van der Waals surface area contributed by atoms with Crippen molar-refractivity contribution in [3.63, 3.8) is 0 Å². The van der Waals surface area contributed by atoms with Crippen LogP contribution in [0.1, 0.15) is 40.2 Å². The number of rotatable bonds is 6. The molecule has 0 heterocycles. The van der Waals surface area contributed by atoms with Crippen LogP contribution in [-0.2, 0) is 14.9 Å². The molecule has 1 aromatic carbocycles. The van der Waals surface area contributed by atoms with Gasteiger partial charge < -0.3 is 10.1 Å². The molecule has 3 nitrogen and oxygen atoms in total. The van der Waals surface area contributed by atoms with Crippen molar-refractivity contribution in [2.75, 3.05) is 19.4 Å². The van der Waals surface area contributed by atoms with Crippen LogP contribution in [-0.4, -0.2) is 30.9 Å². The van der Waals surface area contributed by atoms with Crippen molar-refractivity contribution in [3.05, 3.63) is 29.8 Å². The number of methoxy groups -OCH3 is 1. The van der Waals surface area contributed by atoms with Gasteiger partial charge in [-0.15, -0.1) is 11.8 Å². The summed E-state index contributed by atoms with van der Waals surface area (Å²) < 4.78 is 4.91. The van der Waals surface area contributed by atoms with E-state index < -0.39 is 5.54 Å². The SMILES string of the molecule is CCNC(C)(CSc1ccc(C(C)(C)C)cc1)C(=O)OC. The van der Waals surface area contributed by atoms with Gasteiger partial charge in [-0.25, -0.2) is 0 Å². The number of nitrogens with one attached hydrogen (secondary N) is 1. The smallest absolute Gasteiger partial charge is 0.326 e. The first-order valence-electron chi connectivity index (χ1n) is 7.29. The van der Waals surface area contributed by atoms with E-state index in [0.29, 0.717) is 5.75 Å². The lowest BCUT2D eigenvalue weighted by molar-refractivity contribution is -0.146. The third-order valence-electron chi connectivity index (χ3n) is 3.45. The van der Waals surface area contributed by atoms with Gasteiger partial charge in [-0.1, -0.05) is 39.8 Å². The highest BCUT2D eigenvalue weighted by Crippen LogP contribution is 2.27. The fourth-order valence-corrected chi connectivity index (χ4v) is 3.08. The van der Waals surface area contributed by atoms with E-state index in [1.165, 1.54) is 12.7 Å². The topological polar surface area (TPSA) is 38.3 Å². The summed E-state index contributed by atoms with van der Waals surface area (Å²) >= 11 is 1.67. The monoisotopic (exact) mass is 309 g/mol. The van der Waals surface area contributed by atoms with Crippen LogP contribution in [0.5, 0.6) is 0 Å². The molecule has 0 saturated heterocycles. The van der Waals surface area contributed by atoms with Crippen LogP contribution < -0.4 is 5.32 Å². The second-order valence-corrected chi connectivity index (χ2v) is 7.47. The highest BCUT2D eigenvalue weighted by Gasteiger charge is 2.33. The molecular weight excluding hydrogens is 282 g/mol. The number of benzene rings is 1. The third-order valence-corrected chi connectivity index (χ3v) is 4.78. The van der Waals surface area contributed by atoms with Crippen LogP contribution in [0.4, 0.5) is 0 Å². The Morgan fingerprint density at radius 1 is 1.19 bits per heavy atom. The van der Waals surface area contributed by atoms with Gasteiger partial charge in [-0.3, -0.25) is 4.79 Å². The highest BCUT2D eigenvalue weighted by atomic mass is 32.2. The van der Waals surface area contributed by atoms with Crippen LogP contribution in [0.15, 0.2) is 29.2 Å². The van der Waals surface area contributed by atoms with E-state index in [4.69, 9.17) is 4.74 Å². The molecule has 0 aliphatic rings. The predicted octanol–water partition coefficient (Wildman–Crippen LogP) is 3.62. The van der Waals surface area contributed by atoms with Crippen molar-refractivity contribution in [3.8, 4) is 0 Å². The first-order valence-corrected chi connectivity index (χ1v) is 8.28. The molecule has 21 heavy (non-hydrogen) atoms. The van der Waals surface area contributed by atoms with Gasteiger partial charge in [0.15, 0.2) is 0 Å². The molecule has 0 fully saturated rings. The zero-order valence-electron chi connectivity index (χ0n) is 13.9. The molecule has 118 valence electrons. The lowest BCUT2D eigenvalue weighted by Crippen LogP contribution is -2.52. The molecule has 1 aromatic rings. The number of thioether (sulfide) groups is 1. The molecule has 1 rings (SSSR count). The summed E-state index contributed by atoms with van der Waals surface area (Å²) in [6.45, 7) is 11.2. The summed E-state index contributed by atoms with van der Waals surface area (Å²) in [4.78, 5) is 13.1. The molecule has 0 radical (unpaired) electrons. The largest absolute Gasteiger partial charge is 0.468 e. The minimum atomic E-state index is -0.656. The fourth-order valence-electron chi connectivity index (χ4n) is 2.08. The lowest BCUT2D eigenvalue weighted by atomic mass is 9.87. The summed E-state index contributed by atoms with van der Waals surface area (Å²) in [5.41, 5.74) is 0.818. The fraction of sp³-hybridized carbons (Fsp3) is 0.588. The van der Waals surface area contributed by atoms with Crippen LogP contribution in [0.25, 0.3) is 0 Å². The summed E-state index contributed by atoms with van der Waals surface area (Å²) in [5, 5.41) is 3.22. The van der Waals surface area contributed by atoms with Gasteiger partial charge in [0.25, 0.3) is 0 Å². The van der Waals surface area contributed by atoms with Crippen LogP contribution in [0.3, 0.4) is 0 Å². The number of ether oxygens (including phenoxy) is 1. The first kappa shape index (κ1) is 18.1. The maximum absolute atomic E-state index is 11.9. The molecule has 1 N–H and O–H groups in total. The highest BCUT2D eigenvalue weighted by molar-refractivity contribution is 7.99. The number of likely N-dealkylation sites (N-methyl/N-ethyl adjacent to an activating group) is 1. The molecule has 0 amide bonds. The van der Waals surface area contributed by atoms with E-state index in [1.807, 2.05) is 13.8 Å². The summed E-state index contributed by atoms with van der Waals surface area (Å²) in [6.07, 6.45) is 0. The van der Waals surface area contributed by atoms with E-state index in [9.17, 15) is 4.79 Å². The maximum Gasteiger partial charge on any atom is 0.326 e. The Kier molecular flexibility index (Phi) is 6.29. The Labute approximate surface area is 132 Å². The first-order chi connectivity index (χ1) is 9.73. The predicted molar refractivity (Wildman–Crippen MR) is 90.0 cm³/mol. The van der Waals surface area contributed by atoms with Crippen LogP contribution in [0.2, 0.25) is 0 Å². The molecular formula is C17H27NO2S. The third kappa shape index (κ3) is 5.04. The molecule has 0 aliphatic carbocycles. The molecule has 0 bridgehead atoms. The van der Waals surface area contributed by atoms with E-state index in [2.05, 4.69) is 50.4 Å². The van der Waals surface area contributed by atoms with Gasteiger partial charge >= 0.3 is 5.97 Å². The second-order valence-electron chi connectivity index (χ2n) is 6.42. The maximum atomic E-state index is 11.9. The van der Waals surface area contributed by atoms with Crippen molar-refractivity contribution >= 4 is 17.7 Å². The number of carbonyl (C=O) groups excluding carboxylic acids is 1. The molecule has 0 saturated carbocycles. The molecule has 4 heteroatoms. The minimum Gasteiger partial charge on any atom is -0.468 e. The van der Waals surface area contributed by atoms with Gasteiger partial charge in [0.1, 0.15) is 5.54 Å². The van der Waals surface area contributed by atoms with Crippen molar-refractivity contribution in [1.29, 1.82) is 0 Å². The van der Waals surface area contributed by atoms with Crippen molar-refractivity contribution in [2.45, 2.75) is 50.5 Å². The summed E-state index contributed by atoms with van der Waals surface area (Å²) in [7, 11) is 1.43. The van der Waals surface area contributed by atoms with Gasteiger partial charge in [-0.2, -0.15) is 0 Å². The molecule has 1 unspecified atom stereocenters. The van der Waals surface area contributed by atoms with Gasteiger partial charge in [-0.05, 0) is 36.6 Å².